The lowest BCUT2D eigenvalue weighted by Crippen LogP contribution is -2.37. The van der Waals surface area contributed by atoms with Crippen LogP contribution in [0.15, 0.2) is 54.6 Å². The van der Waals surface area contributed by atoms with E-state index in [9.17, 15) is 9.59 Å². The Bertz CT molecular complexity index is 654. The summed E-state index contributed by atoms with van der Waals surface area (Å²) >= 11 is 0. The van der Waals surface area contributed by atoms with E-state index in [-0.39, 0.29) is 5.92 Å². The van der Waals surface area contributed by atoms with Gasteiger partial charge in [-0.05, 0) is 35.7 Å². The monoisotopic (exact) mass is 312 g/mol. The van der Waals surface area contributed by atoms with Crippen molar-refractivity contribution in [2.24, 2.45) is 0 Å². The van der Waals surface area contributed by atoms with Crippen molar-refractivity contribution in [1.29, 1.82) is 0 Å². The number of ether oxygens (including phenoxy) is 1. The van der Waals surface area contributed by atoms with E-state index in [4.69, 9.17) is 4.74 Å². The highest BCUT2D eigenvalue weighted by Gasteiger charge is 2.15. The number of anilines is 1. The molecule has 0 radical (unpaired) electrons. The molecule has 5 nitrogen and oxygen atoms in total. The van der Waals surface area contributed by atoms with E-state index in [1.54, 1.807) is 31.4 Å². The van der Waals surface area contributed by atoms with Gasteiger partial charge in [0.2, 0.25) is 0 Å². The summed E-state index contributed by atoms with van der Waals surface area (Å²) in [5.41, 5.74) is 1.66. The fourth-order valence-electron chi connectivity index (χ4n) is 2.09. The second kappa shape index (κ2) is 7.98. The van der Waals surface area contributed by atoms with Crippen LogP contribution in [-0.2, 0) is 9.59 Å². The molecule has 0 saturated carbocycles. The molecule has 2 N–H and O–H groups in total. The molecule has 2 aromatic rings. The number of methoxy groups -OCH3 is 1. The predicted molar refractivity (Wildman–Crippen MR) is 89.5 cm³/mol. The SMILES string of the molecule is COc1ccc(NC(=O)C(=O)NCC(C)c2ccccc2)cc1. The van der Waals surface area contributed by atoms with E-state index in [0.717, 1.165) is 5.56 Å². The lowest BCUT2D eigenvalue weighted by molar-refractivity contribution is -0.136. The van der Waals surface area contributed by atoms with E-state index in [1.165, 1.54) is 0 Å². The van der Waals surface area contributed by atoms with Gasteiger partial charge in [0.1, 0.15) is 5.75 Å². The largest absolute Gasteiger partial charge is 0.497 e. The number of rotatable bonds is 5. The molecule has 2 aromatic carbocycles. The minimum atomic E-state index is -0.685. The van der Waals surface area contributed by atoms with E-state index in [1.807, 2.05) is 37.3 Å². The fourth-order valence-corrected chi connectivity index (χ4v) is 2.09. The summed E-state index contributed by atoms with van der Waals surface area (Å²) in [6.07, 6.45) is 0. The maximum Gasteiger partial charge on any atom is 0.313 e. The van der Waals surface area contributed by atoms with Crippen LogP contribution in [0.1, 0.15) is 18.4 Å². The number of hydrogen-bond acceptors (Lipinski definition) is 3. The molecule has 0 fully saturated rings. The van der Waals surface area contributed by atoms with Crippen LogP contribution in [0.3, 0.4) is 0 Å². The molecule has 5 heteroatoms. The van der Waals surface area contributed by atoms with Gasteiger partial charge >= 0.3 is 11.8 Å². The summed E-state index contributed by atoms with van der Waals surface area (Å²) < 4.78 is 5.04. The van der Waals surface area contributed by atoms with Crippen LogP contribution in [0.5, 0.6) is 5.75 Å². The zero-order chi connectivity index (χ0) is 16.7. The van der Waals surface area contributed by atoms with Gasteiger partial charge in [-0.25, -0.2) is 0 Å². The van der Waals surface area contributed by atoms with Gasteiger partial charge in [0.25, 0.3) is 0 Å². The summed E-state index contributed by atoms with van der Waals surface area (Å²) in [5.74, 6) is -0.517. The summed E-state index contributed by atoms with van der Waals surface area (Å²) in [6, 6.07) is 16.6. The summed E-state index contributed by atoms with van der Waals surface area (Å²) in [5, 5.41) is 5.20. The van der Waals surface area contributed by atoms with E-state index < -0.39 is 11.8 Å². The van der Waals surface area contributed by atoms with Crippen molar-refractivity contribution < 1.29 is 14.3 Å². The molecule has 0 aliphatic rings. The molecule has 0 aromatic heterocycles. The Labute approximate surface area is 135 Å². The van der Waals surface area contributed by atoms with Crippen LogP contribution in [0, 0.1) is 0 Å². The van der Waals surface area contributed by atoms with E-state index in [0.29, 0.717) is 18.0 Å². The van der Waals surface area contributed by atoms with E-state index >= 15 is 0 Å². The maximum atomic E-state index is 11.9. The highest BCUT2D eigenvalue weighted by Crippen LogP contribution is 2.15. The lowest BCUT2D eigenvalue weighted by atomic mass is 10.0. The van der Waals surface area contributed by atoms with Gasteiger partial charge in [0.15, 0.2) is 0 Å². The van der Waals surface area contributed by atoms with E-state index in [2.05, 4.69) is 10.6 Å². The molecule has 0 aliphatic carbocycles. The summed E-state index contributed by atoms with van der Waals surface area (Å²) in [7, 11) is 1.56. The summed E-state index contributed by atoms with van der Waals surface area (Å²) in [4.78, 5) is 23.7. The quantitative estimate of drug-likeness (QED) is 0.834. The summed E-state index contributed by atoms with van der Waals surface area (Å²) in [6.45, 7) is 2.40. The molecule has 2 amide bonds. The van der Waals surface area contributed by atoms with Crippen molar-refractivity contribution in [3.63, 3.8) is 0 Å². The van der Waals surface area contributed by atoms with Gasteiger partial charge in [0.05, 0.1) is 7.11 Å². The standard InChI is InChI=1S/C18H20N2O3/c1-13(14-6-4-3-5-7-14)12-19-17(21)18(22)20-15-8-10-16(23-2)11-9-15/h3-11,13H,12H2,1-2H3,(H,19,21)(H,20,22). The first-order chi connectivity index (χ1) is 11.1. The number of amides is 2. The third kappa shape index (κ3) is 4.85. The molecule has 1 atom stereocenters. The molecule has 120 valence electrons. The van der Waals surface area contributed by atoms with Crippen LogP contribution < -0.4 is 15.4 Å². The van der Waals surface area contributed by atoms with Crippen LogP contribution in [0.2, 0.25) is 0 Å². The Morgan fingerprint density at radius 1 is 1.00 bits per heavy atom. The molecule has 0 spiro atoms. The Balaban J connectivity index is 1.83. The molecule has 1 unspecified atom stereocenters. The Hall–Kier alpha value is -2.82. The van der Waals surface area contributed by atoms with Crippen molar-refractivity contribution in [2.75, 3.05) is 19.0 Å². The minimum Gasteiger partial charge on any atom is -0.497 e. The van der Waals surface area contributed by atoms with Crippen LogP contribution in [0.25, 0.3) is 0 Å². The highest BCUT2D eigenvalue weighted by atomic mass is 16.5. The first kappa shape index (κ1) is 16.5. The van der Waals surface area contributed by atoms with Crippen LogP contribution in [-0.4, -0.2) is 25.5 Å². The number of hydrogen-bond donors (Lipinski definition) is 2. The maximum absolute atomic E-state index is 11.9. The van der Waals surface area contributed by atoms with Gasteiger partial charge < -0.3 is 15.4 Å². The molecule has 0 aliphatic heterocycles. The van der Waals surface area contributed by atoms with Gasteiger partial charge in [0, 0.05) is 12.2 Å². The number of benzene rings is 2. The molecule has 0 saturated heterocycles. The molecule has 0 heterocycles. The first-order valence-corrected chi connectivity index (χ1v) is 7.38. The molecule has 0 bridgehead atoms. The smallest absolute Gasteiger partial charge is 0.313 e. The third-order valence-corrected chi connectivity index (χ3v) is 3.49. The first-order valence-electron chi connectivity index (χ1n) is 7.38. The zero-order valence-corrected chi connectivity index (χ0v) is 13.2. The number of carbonyl (C=O) groups is 2. The van der Waals surface area contributed by atoms with Crippen molar-refractivity contribution in [2.45, 2.75) is 12.8 Å². The second-order valence-electron chi connectivity index (χ2n) is 5.20. The van der Waals surface area contributed by atoms with Crippen molar-refractivity contribution in [3.05, 3.63) is 60.2 Å². The minimum absolute atomic E-state index is 0.133. The zero-order valence-electron chi connectivity index (χ0n) is 13.2. The topological polar surface area (TPSA) is 67.4 Å². The molecule has 23 heavy (non-hydrogen) atoms. The number of nitrogens with one attached hydrogen (secondary N) is 2. The normalized spacial score (nSPS) is 11.4. The molecular formula is C18H20N2O3. The Morgan fingerprint density at radius 3 is 2.26 bits per heavy atom. The molecule has 2 rings (SSSR count). The van der Waals surface area contributed by atoms with Crippen molar-refractivity contribution >= 4 is 17.5 Å². The van der Waals surface area contributed by atoms with Crippen molar-refractivity contribution in [3.8, 4) is 5.75 Å². The van der Waals surface area contributed by atoms with Gasteiger partial charge in [-0.3, -0.25) is 9.59 Å². The van der Waals surface area contributed by atoms with Gasteiger partial charge in [-0.15, -0.1) is 0 Å². The highest BCUT2D eigenvalue weighted by molar-refractivity contribution is 6.39. The average Bonchev–Trinajstić information content (AvgIpc) is 2.60. The Morgan fingerprint density at radius 2 is 1.65 bits per heavy atom. The lowest BCUT2D eigenvalue weighted by Gasteiger charge is -2.13. The van der Waals surface area contributed by atoms with Crippen molar-refractivity contribution in [1.82, 2.24) is 5.32 Å². The third-order valence-electron chi connectivity index (χ3n) is 3.49. The van der Waals surface area contributed by atoms with Crippen LogP contribution >= 0.6 is 0 Å². The van der Waals surface area contributed by atoms with Gasteiger partial charge in [-0.1, -0.05) is 37.3 Å². The van der Waals surface area contributed by atoms with Crippen LogP contribution in [0.4, 0.5) is 5.69 Å². The Kier molecular flexibility index (Phi) is 5.74. The predicted octanol–water partition coefficient (Wildman–Crippen LogP) is 2.55. The average molecular weight is 312 g/mol. The number of carbonyl (C=O) groups excluding carboxylic acids is 2. The second-order valence-corrected chi connectivity index (χ2v) is 5.20. The fraction of sp³-hybridized carbons (Fsp3) is 0.222. The van der Waals surface area contributed by atoms with Gasteiger partial charge in [-0.2, -0.15) is 0 Å². The molecular weight excluding hydrogens is 292 g/mol.